The van der Waals surface area contributed by atoms with Gasteiger partial charge in [-0.2, -0.15) is 5.10 Å². The van der Waals surface area contributed by atoms with Crippen molar-refractivity contribution in [3.8, 4) is 0 Å². The first kappa shape index (κ1) is 12.2. The molecule has 0 aromatic carbocycles. The van der Waals surface area contributed by atoms with Crippen LogP contribution in [0, 0.1) is 0 Å². The molecule has 3 rings (SSSR count). The number of nitrogens with zero attached hydrogens (tertiary/aromatic N) is 4. The van der Waals surface area contributed by atoms with E-state index in [-0.39, 0.29) is 11.9 Å². The molecule has 3 heterocycles. The number of likely N-dealkylation sites (tertiary alicyclic amines) is 1. The van der Waals surface area contributed by atoms with Gasteiger partial charge in [0.1, 0.15) is 12.7 Å². The van der Waals surface area contributed by atoms with Gasteiger partial charge in [-0.3, -0.25) is 4.79 Å². The van der Waals surface area contributed by atoms with Crippen LogP contribution >= 0.6 is 0 Å². The molecular formula is C13H18N4O2. The lowest BCUT2D eigenvalue weighted by atomic mass is 10.0. The summed E-state index contributed by atoms with van der Waals surface area (Å²) in [6.45, 7) is 2.25. The van der Waals surface area contributed by atoms with Gasteiger partial charge in [-0.25, -0.2) is 9.67 Å². The average molecular weight is 262 g/mol. The number of hydrogen-bond donors (Lipinski definition) is 0. The van der Waals surface area contributed by atoms with Crippen LogP contribution in [0.2, 0.25) is 0 Å². The predicted octanol–water partition coefficient (Wildman–Crippen LogP) is 1.14. The Morgan fingerprint density at radius 1 is 1.42 bits per heavy atom. The van der Waals surface area contributed by atoms with Crippen LogP contribution in [0.1, 0.15) is 31.7 Å². The molecule has 0 aliphatic carbocycles. The number of rotatable bonds is 2. The first-order valence-corrected chi connectivity index (χ1v) is 6.78. The number of aromatic nitrogens is 3. The number of ether oxygens (including phenoxy) is 1. The van der Waals surface area contributed by atoms with Crippen LogP contribution in [0.25, 0.3) is 0 Å². The highest BCUT2D eigenvalue weighted by Crippen LogP contribution is 2.23. The lowest BCUT2D eigenvalue weighted by Gasteiger charge is -2.33. The summed E-state index contributed by atoms with van der Waals surface area (Å²) >= 11 is 0. The van der Waals surface area contributed by atoms with Gasteiger partial charge in [-0.15, -0.1) is 0 Å². The Morgan fingerprint density at radius 3 is 3.11 bits per heavy atom. The van der Waals surface area contributed by atoms with Gasteiger partial charge in [-0.1, -0.05) is 0 Å². The zero-order valence-electron chi connectivity index (χ0n) is 10.9. The predicted molar refractivity (Wildman–Crippen MR) is 68.1 cm³/mol. The molecule has 0 radical (unpaired) electrons. The second-order valence-corrected chi connectivity index (χ2v) is 5.04. The van der Waals surface area contributed by atoms with Gasteiger partial charge in [0.05, 0.1) is 24.5 Å². The van der Waals surface area contributed by atoms with E-state index >= 15 is 0 Å². The summed E-state index contributed by atoms with van der Waals surface area (Å²) < 4.78 is 7.11. The Balaban J connectivity index is 1.68. The molecule has 19 heavy (non-hydrogen) atoms. The zero-order chi connectivity index (χ0) is 13.1. The van der Waals surface area contributed by atoms with Gasteiger partial charge in [0.25, 0.3) is 5.91 Å². The number of piperidine rings is 1. The van der Waals surface area contributed by atoms with E-state index in [4.69, 9.17) is 4.74 Å². The second-order valence-electron chi connectivity index (χ2n) is 5.04. The van der Waals surface area contributed by atoms with Crippen molar-refractivity contribution in [2.45, 2.75) is 31.7 Å². The van der Waals surface area contributed by atoms with E-state index in [1.807, 2.05) is 9.58 Å². The molecule has 0 unspecified atom stereocenters. The van der Waals surface area contributed by atoms with Gasteiger partial charge in [-0.05, 0) is 25.7 Å². The van der Waals surface area contributed by atoms with E-state index in [1.165, 1.54) is 6.33 Å². The van der Waals surface area contributed by atoms with E-state index in [9.17, 15) is 4.79 Å². The molecule has 0 N–H and O–H groups in total. The molecule has 1 fully saturated rings. The van der Waals surface area contributed by atoms with Crippen LogP contribution in [-0.2, 0) is 9.53 Å². The summed E-state index contributed by atoms with van der Waals surface area (Å²) in [5.74, 6) is 0.115. The van der Waals surface area contributed by atoms with Gasteiger partial charge in [0.2, 0.25) is 0 Å². The molecule has 6 heteroatoms. The maximum absolute atomic E-state index is 12.4. The van der Waals surface area contributed by atoms with E-state index in [1.54, 1.807) is 12.6 Å². The molecule has 1 amide bonds. The first-order chi connectivity index (χ1) is 9.34. The van der Waals surface area contributed by atoms with Crippen molar-refractivity contribution in [2.75, 3.05) is 19.7 Å². The summed E-state index contributed by atoms with van der Waals surface area (Å²) in [4.78, 5) is 18.3. The van der Waals surface area contributed by atoms with Crippen molar-refractivity contribution in [3.05, 3.63) is 24.5 Å². The van der Waals surface area contributed by atoms with E-state index in [2.05, 4.69) is 10.1 Å². The maximum Gasteiger partial charge on any atom is 0.252 e. The SMILES string of the molecule is O=C(C1=COCCC1)N1CCC[C@@H](n2cncn2)C1. The van der Waals surface area contributed by atoms with Crippen LogP contribution in [0.3, 0.4) is 0 Å². The quantitative estimate of drug-likeness (QED) is 0.801. The third kappa shape index (κ3) is 2.62. The molecule has 1 saturated heterocycles. The summed E-state index contributed by atoms with van der Waals surface area (Å²) in [5, 5.41) is 4.17. The minimum Gasteiger partial charge on any atom is -0.501 e. The zero-order valence-corrected chi connectivity index (χ0v) is 10.9. The maximum atomic E-state index is 12.4. The molecule has 6 nitrogen and oxygen atoms in total. The number of carbonyl (C=O) groups excluding carboxylic acids is 1. The normalized spacial score (nSPS) is 23.7. The van der Waals surface area contributed by atoms with Crippen LogP contribution in [0.5, 0.6) is 0 Å². The molecule has 1 atom stereocenters. The van der Waals surface area contributed by atoms with Crippen LogP contribution in [0.4, 0.5) is 0 Å². The molecule has 1 aromatic rings. The summed E-state index contributed by atoms with van der Waals surface area (Å²) in [5.41, 5.74) is 0.797. The number of hydrogen-bond acceptors (Lipinski definition) is 4. The monoisotopic (exact) mass is 262 g/mol. The van der Waals surface area contributed by atoms with Gasteiger partial charge < -0.3 is 9.64 Å². The van der Waals surface area contributed by atoms with Crippen molar-refractivity contribution in [3.63, 3.8) is 0 Å². The third-order valence-electron chi connectivity index (χ3n) is 3.70. The fourth-order valence-electron chi connectivity index (χ4n) is 2.69. The molecule has 0 saturated carbocycles. The van der Waals surface area contributed by atoms with E-state index < -0.39 is 0 Å². The molecule has 102 valence electrons. The average Bonchev–Trinajstić information content (AvgIpc) is 3.02. The van der Waals surface area contributed by atoms with Crippen LogP contribution in [-0.4, -0.2) is 45.3 Å². The van der Waals surface area contributed by atoms with Crippen molar-refractivity contribution in [2.24, 2.45) is 0 Å². The summed E-state index contributed by atoms with van der Waals surface area (Å²) in [6, 6.07) is 0.241. The minimum absolute atomic E-state index is 0.115. The van der Waals surface area contributed by atoms with E-state index in [0.717, 1.165) is 44.4 Å². The highest BCUT2D eigenvalue weighted by atomic mass is 16.5. The highest BCUT2D eigenvalue weighted by Gasteiger charge is 2.27. The third-order valence-corrected chi connectivity index (χ3v) is 3.70. The van der Waals surface area contributed by atoms with E-state index in [0.29, 0.717) is 6.54 Å². The highest BCUT2D eigenvalue weighted by molar-refractivity contribution is 5.93. The van der Waals surface area contributed by atoms with Crippen molar-refractivity contribution >= 4 is 5.91 Å². The Hall–Kier alpha value is -1.85. The topological polar surface area (TPSA) is 60.2 Å². The fourth-order valence-corrected chi connectivity index (χ4v) is 2.69. The molecule has 1 aromatic heterocycles. The van der Waals surface area contributed by atoms with Crippen molar-refractivity contribution in [1.82, 2.24) is 19.7 Å². The second kappa shape index (κ2) is 5.42. The van der Waals surface area contributed by atoms with Crippen LogP contribution in [0.15, 0.2) is 24.5 Å². The van der Waals surface area contributed by atoms with Crippen molar-refractivity contribution in [1.29, 1.82) is 0 Å². The van der Waals surface area contributed by atoms with Gasteiger partial charge in [0.15, 0.2) is 0 Å². The first-order valence-electron chi connectivity index (χ1n) is 6.78. The smallest absolute Gasteiger partial charge is 0.252 e. The Labute approximate surface area is 112 Å². The summed E-state index contributed by atoms with van der Waals surface area (Å²) in [7, 11) is 0. The lowest BCUT2D eigenvalue weighted by molar-refractivity contribution is -0.129. The number of carbonyl (C=O) groups is 1. The Morgan fingerprint density at radius 2 is 2.37 bits per heavy atom. The standard InChI is InChI=1S/C13H18N4O2/c18-13(11-3-2-6-19-8-11)16-5-1-4-12(7-16)17-10-14-9-15-17/h8-10,12H,1-7H2/t12-/m1/s1. The van der Waals surface area contributed by atoms with Gasteiger partial charge in [0, 0.05) is 13.1 Å². The largest absolute Gasteiger partial charge is 0.501 e. The minimum atomic E-state index is 0.115. The lowest BCUT2D eigenvalue weighted by Crippen LogP contribution is -2.41. The Bertz CT molecular complexity index is 469. The van der Waals surface area contributed by atoms with Crippen molar-refractivity contribution < 1.29 is 9.53 Å². The molecular weight excluding hydrogens is 244 g/mol. The van der Waals surface area contributed by atoms with Gasteiger partial charge >= 0.3 is 0 Å². The molecule has 0 spiro atoms. The molecule has 0 bridgehead atoms. The summed E-state index contributed by atoms with van der Waals surface area (Å²) in [6.07, 6.45) is 8.69. The number of amides is 1. The van der Waals surface area contributed by atoms with Crippen LogP contribution < -0.4 is 0 Å². The Kier molecular flexibility index (Phi) is 3.48. The fraction of sp³-hybridized carbons (Fsp3) is 0.615. The molecule has 2 aliphatic heterocycles. The molecule has 2 aliphatic rings.